The van der Waals surface area contributed by atoms with E-state index in [1.165, 1.54) is 17.8 Å². The summed E-state index contributed by atoms with van der Waals surface area (Å²) in [4.78, 5) is 0. The minimum absolute atomic E-state index is 0.844. The lowest BCUT2D eigenvalue weighted by Crippen LogP contribution is -1.90. The minimum Gasteiger partial charge on any atom is -0.493 e. The molecule has 80 valence electrons. The van der Waals surface area contributed by atoms with Crippen molar-refractivity contribution in [1.82, 2.24) is 0 Å². The van der Waals surface area contributed by atoms with Gasteiger partial charge in [0.1, 0.15) is 5.76 Å². The van der Waals surface area contributed by atoms with Crippen LogP contribution in [0.3, 0.4) is 0 Å². The molecule has 2 fully saturated rings. The maximum absolute atomic E-state index is 5.45. The highest BCUT2D eigenvalue weighted by Crippen LogP contribution is 2.48. The van der Waals surface area contributed by atoms with E-state index in [9.17, 15) is 0 Å². The average molecular weight is 194 g/mol. The average Bonchev–Trinajstić information content (AvgIpc) is 2.87. The van der Waals surface area contributed by atoms with E-state index in [-0.39, 0.29) is 0 Å². The third-order valence-corrected chi connectivity index (χ3v) is 2.62. The molecule has 1 heteroatoms. The van der Waals surface area contributed by atoms with Gasteiger partial charge in [0.15, 0.2) is 0 Å². The van der Waals surface area contributed by atoms with E-state index < -0.39 is 0 Å². The summed E-state index contributed by atoms with van der Waals surface area (Å²) in [7, 11) is 0. The molecule has 1 nitrogen and oxygen atoms in total. The van der Waals surface area contributed by atoms with Gasteiger partial charge in [-0.25, -0.2) is 0 Å². The van der Waals surface area contributed by atoms with Crippen molar-refractivity contribution in [2.24, 2.45) is 11.8 Å². The molecular formula is C13H22O. The van der Waals surface area contributed by atoms with Crippen molar-refractivity contribution in [3.05, 3.63) is 23.5 Å². The SMILES string of the molecule is C1=C2CCOC2=CC2CC12.CC.CC. The molecule has 1 aliphatic heterocycles. The van der Waals surface area contributed by atoms with Crippen molar-refractivity contribution in [3.8, 4) is 0 Å². The van der Waals surface area contributed by atoms with Crippen molar-refractivity contribution in [2.75, 3.05) is 6.61 Å². The zero-order chi connectivity index (χ0) is 10.6. The van der Waals surface area contributed by atoms with E-state index in [0.29, 0.717) is 0 Å². The smallest absolute Gasteiger partial charge is 0.118 e. The van der Waals surface area contributed by atoms with Gasteiger partial charge >= 0.3 is 0 Å². The van der Waals surface area contributed by atoms with Crippen molar-refractivity contribution in [3.63, 3.8) is 0 Å². The summed E-state index contributed by atoms with van der Waals surface area (Å²) in [5.41, 5.74) is 1.47. The Morgan fingerprint density at radius 3 is 2.43 bits per heavy atom. The zero-order valence-corrected chi connectivity index (χ0v) is 9.84. The summed E-state index contributed by atoms with van der Waals surface area (Å²) < 4.78 is 5.45. The second kappa shape index (κ2) is 5.23. The lowest BCUT2D eigenvalue weighted by atomic mass is 10.1. The predicted molar refractivity (Wildman–Crippen MR) is 61.0 cm³/mol. The number of hydrogen-bond acceptors (Lipinski definition) is 1. The number of allylic oxidation sites excluding steroid dienone is 3. The van der Waals surface area contributed by atoms with Crippen LogP contribution in [-0.2, 0) is 4.74 Å². The first kappa shape index (κ1) is 11.4. The molecule has 0 aromatic rings. The van der Waals surface area contributed by atoms with Crippen LogP contribution >= 0.6 is 0 Å². The van der Waals surface area contributed by atoms with Crippen LogP contribution in [0.2, 0.25) is 0 Å². The van der Waals surface area contributed by atoms with Crippen molar-refractivity contribution >= 4 is 0 Å². The first-order chi connectivity index (χ1) is 6.93. The molecule has 1 heterocycles. The Bertz CT molecular complexity index is 214. The first-order valence-corrected chi connectivity index (χ1v) is 5.99. The van der Waals surface area contributed by atoms with Crippen LogP contribution in [0.1, 0.15) is 40.5 Å². The second-order valence-corrected chi connectivity index (χ2v) is 3.38. The number of rotatable bonds is 0. The molecule has 1 saturated heterocycles. The van der Waals surface area contributed by atoms with E-state index >= 15 is 0 Å². The van der Waals surface area contributed by atoms with E-state index in [1.807, 2.05) is 27.7 Å². The minimum atomic E-state index is 0.844. The fourth-order valence-electron chi connectivity index (χ4n) is 1.88. The molecule has 0 aromatic carbocycles. The van der Waals surface area contributed by atoms with Gasteiger partial charge in [0.25, 0.3) is 0 Å². The Labute approximate surface area is 87.8 Å². The van der Waals surface area contributed by atoms with Crippen LogP contribution in [0, 0.1) is 11.8 Å². The van der Waals surface area contributed by atoms with Crippen LogP contribution in [-0.4, -0.2) is 6.61 Å². The molecule has 0 bridgehead atoms. The first-order valence-electron chi connectivity index (χ1n) is 5.99. The lowest BCUT2D eigenvalue weighted by molar-refractivity contribution is 0.263. The Morgan fingerprint density at radius 1 is 1.07 bits per heavy atom. The molecule has 14 heavy (non-hydrogen) atoms. The molecule has 1 saturated carbocycles. The van der Waals surface area contributed by atoms with Crippen molar-refractivity contribution in [2.45, 2.75) is 40.5 Å². The molecule has 2 unspecified atom stereocenters. The van der Waals surface area contributed by atoms with Crippen LogP contribution in [0.15, 0.2) is 23.5 Å². The van der Waals surface area contributed by atoms with Gasteiger partial charge in [-0.3, -0.25) is 0 Å². The Kier molecular flexibility index (Phi) is 4.24. The quantitative estimate of drug-likeness (QED) is 0.568. The third kappa shape index (κ3) is 2.20. The van der Waals surface area contributed by atoms with Crippen molar-refractivity contribution < 1.29 is 4.74 Å². The normalized spacial score (nSPS) is 30.0. The summed E-state index contributed by atoms with van der Waals surface area (Å²) in [5, 5.41) is 0. The predicted octanol–water partition coefficient (Wildman–Crippen LogP) is 3.92. The van der Waals surface area contributed by atoms with Crippen LogP contribution in [0.25, 0.3) is 0 Å². The van der Waals surface area contributed by atoms with E-state index in [0.717, 1.165) is 24.9 Å². The van der Waals surface area contributed by atoms with Gasteiger partial charge in [-0.1, -0.05) is 33.8 Å². The molecule has 0 aromatic heterocycles. The van der Waals surface area contributed by atoms with Gasteiger partial charge in [-0.15, -0.1) is 0 Å². The van der Waals surface area contributed by atoms with Gasteiger partial charge in [0.2, 0.25) is 0 Å². The van der Waals surface area contributed by atoms with Gasteiger partial charge in [-0.05, 0) is 29.9 Å². The van der Waals surface area contributed by atoms with Gasteiger partial charge < -0.3 is 4.74 Å². The Hall–Kier alpha value is -0.720. The van der Waals surface area contributed by atoms with E-state index in [4.69, 9.17) is 4.74 Å². The second-order valence-electron chi connectivity index (χ2n) is 3.38. The molecule has 2 aliphatic carbocycles. The molecule has 3 rings (SSSR count). The summed E-state index contributed by atoms with van der Waals surface area (Å²) in [6.07, 6.45) is 7.24. The summed E-state index contributed by atoms with van der Waals surface area (Å²) in [6, 6.07) is 0. The maximum atomic E-state index is 5.45. The third-order valence-electron chi connectivity index (χ3n) is 2.62. The number of ether oxygens (including phenoxy) is 1. The van der Waals surface area contributed by atoms with Gasteiger partial charge in [-0.2, -0.15) is 0 Å². The monoisotopic (exact) mass is 194 g/mol. The zero-order valence-electron chi connectivity index (χ0n) is 9.84. The van der Waals surface area contributed by atoms with Crippen LogP contribution < -0.4 is 0 Å². The largest absolute Gasteiger partial charge is 0.493 e. The highest BCUT2D eigenvalue weighted by atomic mass is 16.5. The van der Waals surface area contributed by atoms with Gasteiger partial charge in [0, 0.05) is 6.42 Å². The van der Waals surface area contributed by atoms with E-state index in [2.05, 4.69) is 12.2 Å². The maximum Gasteiger partial charge on any atom is 0.118 e. The molecular weight excluding hydrogens is 172 g/mol. The summed E-state index contributed by atoms with van der Waals surface area (Å²) >= 11 is 0. The van der Waals surface area contributed by atoms with Crippen LogP contribution in [0.4, 0.5) is 0 Å². The fraction of sp³-hybridized carbons (Fsp3) is 0.692. The highest BCUT2D eigenvalue weighted by Gasteiger charge is 2.38. The molecule has 0 spiro atoms. The molecule has 0 amide bonds. The highest BCUT2D eigenvalue weighted by molar-refractivity contribution is 5.37. The summed E-state index contributed by atoms with van der Waals surface area (Å²) in [5.74, 6) is 2.93. The topological polar surface area (TPSA) is 9.23 Å². The van der Waals surface area contributed by atoms with Crippen molar-refractivity contribution in [1.29, 1.82) is 0 Å². The summed E-state index contributed by atoms with van der Waals surface area (Å²) in [6.45, 7) is 8.91. The fourth-order valence-corrected chi connectivity index (χ4v) is 1.88. The van der Waals surface area contributed by atoms with Crippen LogP contribution in [0.5, 0.6) is 0 Å². The molecule has 0 N–H and O–H groups in total. The Morgan fingerprint density at radius 2 is 1.71 bits per heavy atom. The molecule has 2 atom stereocenters. The standard InChI is InChI=1S/C9H10O.2C2H6/c1-2-10-9-5-8-4-7(8)3-6(1)9;2*1-2/h3,5,7-8H,1-2,4H2;2*1-2H3. The Balaban J connectivity index is 0.000000222. The number of fused-ring (bicyclic) bond motifs is 2. The van der Waals surface area contributed by atoms with Gasteiger partial charge in [0.05, 0.1) is 6.61 Å². The molecule has 0 radical (unpaired) electrons. The number of hydrogen-bond donors (Lipinski definition) is 0. The molecule has 3 aliphatic rings. The van der Waals surface area contributed by atoms with E-state index in [1.54, 1.807) is 0 Å². The lowest BCUT2D eigenvalue weighted by Gasteiger charge is -2.03.